The first-order chi connectivity index (χ1) is 14.4. The average Bonchev–Trinajstić information content (AvgIpc) is 2.76. The largest absolute Gasteiger partial charge is 0.477 e. The Morgan fingerprint density at radius 2 is 2.03 bits per heavy atom. The summed E-state index contributed by atoms with van der Waals surface area (Å²) in [6, 6.07) is 13.2. The first kappa shape index (κ1) is 19.8. The predicted molar refractivity (Wildman–Crippen MR) is 111 cm³/mol. The van der Waals surface area contributed by atoms with Crippen molar-refractivity contribution in [1.82, 2.24) is 14.3 Å². The number of nitrogens with zero attached hydrogens (tertiary/aromatic N) is 4. The summed E-state index contributed by atoms with van der Waals surface area (Å²) in [5.74, 6) is -1.23. The summed E-state index contributed by atoms with van der Waals surface area (Å²) in [5.41, 5.74) is 2.00. The monoisotopic (exact) mass is 402 g/mol. The number of nitriles is 1. The molecule has 0 atom stereocenters. The molecule has 4 heterocycles. The lowest BCUT2D eigenvalue weighted by atomic mass is 9.76. The van der Waals surface area contributed by atoms with Crippen LogP contribution in [0, 0.1) is 18.3 Å². The summed E-state index contributed by atoms with van der Waals surface area (Å²) in [6.45, 7) is 3.87. The van der Waals surface area contributed by atoms with E-state index >= 15 is 0 Å². The fourth-order valence-corrected chi connectivity index (χ4v) is 4.16. The van der Waals surface area contributed by atoms with Crippen LogP contribution in [0.1, 0.15) is 40.0 Å². The minimum Gasteiger partial charge on any atom is -0.477 e. The van der Waals surface area contributed by atoms with E-state index in [0.717, 1.165) is 16.8 Å². The molecule has 0 aromatic carbocycles. The van der Waals surface area contributed by atoms with Crippen LogP contribution in [0.2, 0.25) is 0 Å². The highest BCUT2D eigenvalue weighted by Crippen LogP contribution is 2.34. The van der Waals surface area contributed by atoms with Gasteiger partial charge < -0.3 is 5.11 Å². The van der Waals surface area contributed by atoms with Gasteiger partial charge in [-0.1, -0.05) is 6.07 Å². The number of aromatic nitrogens is 2. The van der Waals surface area contributed by atoms with E-state index in [1.807, 2.05) is 31.2 Å². The molecule has 1 aliphatic rings. The van der Waals surface area contributed by atoms with Crippen LogP contribution in [-0.4, -0.2) is 38.4 Å². The smallest absolute Gasteiger partial charge is 0.341 e. The lowest BCUT2D eigenvalue weighted by Crippen LogP contribution is -2.42. The standard InChI is InChI=1S/C23H22N4O3/c1-16-5-8-25-20(12-16)23(15-24)6-10-26(11-7-23)14-17-13-18(22(29)30)21(28)27-9-3-2-4-19(17)27/h2-5,8-9,12-13H,6-7,10-11,14H2,1H3,(H,29,30). The van der Waals surface area contributed by atoms with Crippen molar-refractivity contribution in [2.45, 2.75) is 31.7 Å². The maximum Gasteiger partial charge on any atom is 0.341 e. The summed E-state index contributed by atoms with van der Waals surface area (Å²) >= 11 is 0. The number of rotatable bonds is 4. The van der Waals surface area contributed by atoms with Gasteiger partial charge in [-0.2, -0.15) is 5.26 Å². The fraction of sp³-hybridized carbons (Fsp3) is 0.304. The van der Waals surface area contributed by atoms with Crippen molar-refractivity contribution in [3.63, 3.8) is 0 Å². The number of hydrogen-bond donors (Lipinski definition) is 1. The minimum absolute atomic E-state index is 0.235. The number of carboxylic acid groups (broad SMARTS) is 1. The first-order valence-electron chi connectivity index (χ1n) is 9.87. The van der Waals surface area contributed by atoms with Gasteiger partial charge in [-0.15, -0.1) is 0 Å². The van der Waals surface area contributed by atoms with Crippen molar-refractivity contribution >= 4 is 11.5 Å². The molecule has 0 amide bonds. The summed E-state index contributed by atoms with van der Waals surface area (Å²) in [5, 5.41) is 19.4. The van der Waals surface area contributed by atoms with E-state index in [1.165, 1.54) is 10.5 Å². The zero-order chi connectivity index (χ0) is 21.3. The van der Waals surface area contributed by atoms with Crippen molar-refractivity contribution in [3.05, 3.63) is 81.5 Å². The summed E-state index contributed by atoms with van der Waals surface area (Å²) in [6.07, 6.45) is 4.64. The normalized spacial score (nSPS) is 16.3. The lowest BCUT2D eigenvalue weighted by molar-refractivity contribution is 0.0694. The number of carbonyl (C=O) groups is 1. The Morgan fingerprint density at radius 1 is 1.27 bits per heavy atom. The van der Waals surface area contributed by atoms with E-state index in [1.54, 1.807) is 18.5 Å². The molecule has 152 valence electrons. The lowest BCUT2D eigenvalue weighted by Gasteiger charge is -2.37. The maximum atomic E-state index is 12.4. The molecule has 0 unspecified atom stereocenters. The highest BCUT2D eigenvalue weighted by atomic mass is 16.4. The molecule has 7 heteroatoms. The Morgan fingerprint density at radius 3 is 2.70 bits per heavy atom. The van der Waals surface area contributed by atoms with Crippen molar-refractivity contribution in [2.75, 3.05) is 13.1 Å². The topological polar surface area (TPSA) is 98.7 Å². The summed E-state index contributed by atoms with van der Waals surface area (Å²) in [7, 11) is 0. The first-order valence-corrected chi connectivity index (χ1v) is 9.87. The van der Waals surface area contributed by atoms with E-state index in [9.17, 15) is 20.0 Å². The van der Waals surface area contributed by atoms with Crippen molar-refractivity contribution in [1.29, 1.82) is 5.26 Å². The van der Waals surface area contributed by atoms with Crippen LogP contribution >= 0.6 is 0 Å². The van der Waals surface area contributed by atoms with Crippen LogP contribution in [-0.2, 0) is 12.0 Å². The molecule has 3 aromatic heterocycles. The number of carboxylic acids is 1. The Hall–Kier alpha value is -3.50. The van der Waals surface area contributed by atoms with Crippen molar-refractivity contribution < 1.29 is 9.90 Å². The fourth-order valence-electron chi connectivity index (χ4n) is 4.16. The molecule has 30 heavy (non-hydrogen) atoms. The van der Waals surface area contributed by atoms with Gasteiger partial charge in [0.05, 0.1) is 17.3 Å². The molecule has 1 saturated heterocycles. The Balaban J connectivity index is 1.61. The molecule has 1 N–H and O–H groups in total. The second kappa shape index (κ2) is 7.73. The van der Waals surface area contributed by atoms with Gasteiger partial charge >= 0.3 is 5.97 Å². The van der Waals surface area contributed by atoms with Crippen molar-refractivity contribution in [2.24, 2.45) is 0 Å². The molecule has 0 saturated carbocycles. The maximum absolute atomic E-state index is 12.4. The second-order valence-corrected chi connectivity index (χ2v) is 7.84. The summed E-state index contributed by atoms with van der Waals surface area (Å²) in [4.78, 5) is 30.6. The van der Waals surface area contributed by atoms with E-state index in [-0.39, 0.29) is 5.56 Å². The van der Waals surface area contributed by atoms with Gasteiger partial charge in [0.1, 0.15) is 11.0 Å². The van der Waals surface area contributed by atoms with Crippen molar-refractivity contribution in [3.8, 4) is 6.07 Å². The number of aromatic carboxylic acids is 1. The van der Waals surface area contributed by atoms with Crippen LogP contribution in [0.4, 0.5) is 0 Å². The predicted octanol–water partition coefficient (Wildman–Crippen LogP) is 2.76. The average molecular weight is 402 g/mol. The van der Waals surface area contributed by atoms with Gasteiger partial charge in [0.25, 0.3) is 5.56 Å². The van der Waals surface area contributed by atoms with Gasteiger partial charge in [0.2, 0.25) is 0 Å². The van der Waals surface area contributed by atoms with E-state index in [4.69, 9.17) is 0 Å². The molecule has 4 rings (SSSR count). The molecule has 1 aliphatic heterocycles. The van der Waals surface area contributed by atoms with E-state index in [0.29, 0.717) is 38.0 Å². The van der Waals surface area contributed by atoms with Crippen LogP contribution in [0.15, 0.2) is 53.6 Å². The molecule has 3 aromatic rings. The number of fused-ring (bicyclic) bond motifs is 1. The molecule has 0 aliphatic carbocycles. The molecular weight excluding hydrogens is 380 g/mol. The van der Waals surface area contributed by atoms with Gasteiger partial charge in [-0.05, 0) is 61.2 Å². The van der Waals surface area contributed by atoms with Gasteiger partial charge in [0, 0.05) is 32.0 Å². The van der Waals surface area contributed by atoms with Gasteiger partial charge in [0.15, 0.2) is 0 Å². The third kappa shape index (κ3) is 3.46. The third-order valence-electron chi connectivity index (χ3n) is 5.91. The zero-order valence-corrected chi connectivity index (χ0v) is 16.7. The highest BCUT2D eigenvalue weighted by Gasteiger charge is 2.38. The number of hydrogen-bond acceptors (Lipinski definition) is 5. The molecule has 7 nitrogen and oxygen atoms in total. The Bertz CT molecular complexity index is 1220. The number of aryl methyl sites for hydroxylation is 1. The van der Waals surface area contributed by atoms with E-state index < -0.39 is 16.9 Å². The van der Waals surface area contributed by atoms with Crippen LogP contribution < -0.4 is 5.56 Å². The van der Waals surface area contributed by atoms with E-state index in [2.05, 4.69) is 16.0 Å². The van der Waals surface area contributed by atoms with Gasteiger partial charge in [-0.3, -0.25) is 19.1 Å². The second-order valence-electron chi connectivity index (χ2n) is 7.84. The number of pyridine rings is 3. The number of piperidine rings is 1. The molecular formula is C23H22N4O3. The molecule has 0 spiro atoms. The molecule has 1 fully saturated rings. The van der Waals surface area contributed by atoms with Crippen LogP contribution in [0.3, 0.4) is 0 Å². The van der Waals surface area contributed by atoms with Gasteiger partial charge in [-0.25, -0.2) is 4.79 Å². The molecule has 0 bridgehead atoms. The minimum atomic E-state index is -1.23. The quantitative estimate of drug-likeness (QED) is 0.720. The zero-order valence-electron chi connectivity index (χ0n) is 16.7. The highest BCUT2D eigenvalue weighted by molar-refractivity contribution is 5.88. The SMILES string of the molecule is Cc1ccnc(C2(C#N)CCN(Cc3cc(C(=O)O)c(=O)n4ccccc34)CC2)c1. The van der Waals surface area contributed by atoms with Crippen LogP contribution in [0.5, 0.6) is 0 Å². The summed E-state index contributed by atoms with van der Waals surface area (Å²) < 4.78 is 1.39. The third-order valence-corrected chi connectivity index (χ3v) is 5.91. The Labute approximate surface area is 173 Å². The Kier molecular flexibility index (Phi) is 5.10. The van der Waals surface area contributed by atoms with Crippen LogP contribution in [0.25, 0.3) is 5.52 Å². The number of likely N-dealkylation sites (tertiary alicyclic amines) is 1. The molecule has 0 radical (unpaired) electrons.